The Labute approximate surface area is 177 Å². The van der Waals surface area contributed by atoms with E-state index in [1.807, 2.05) is 6.07 Å². The third kappa shape index (κ3) is 4.44. The molecule has 0 bridgehead atoms. The molecule has 4 aromatic rings. The van der Waals surface area contributed by atoms with Gasteiger partial charge in [0.1, 0.15) is 28.5 Å². The zero-order chi connectivity index (χ0) is 22.0. The molecular formula is C24H22FNO5. The van der Waals surface area contributed by atoms with Crippen LogP contribution in [0.3, 0.4) is 0 Å². The van der Waals surface area contributed by atoms with Crippen molar-refractivity contribution in [3.05, 3.63) is 82.3 Å². The maximum atomic E-state index is 13.4. The van der Waals surface area contributed by atoms with Crippen LogP contribution in [-0.2, 0) is 6.42 Å². The molecule has 4 N–H and O–H groups in total. The van der Waals surface area contributed by atoms with Crippen LogP contribution in [0.25, 0.3) is 21.9 Å². The van der Waals surface area contributed by atoms with Crippen LogP contribution in [0.5, 0.6) is 11.5 Å². The van der Waals surface area contributed by atoms with Crippen LogP contribution in [0.1, 0.15) is 12.0 Å². The van der Waals surface area contributed by atoms with Crippen molar-refractivity contribution in [3.63, 3.8) is 0 Å². The van der Waals surface area contributed by atoms with Gasteiger partial charge in [-0.25, -0.2) is 4.39 Å². The molecule has 0 unspecified atom stereocenters. The number of nitrogens with two attached hydrogens (primary N) is 1. The predicted octanol–water partition coefficient (Wildman–Crippen LogP) is 3.49. The van der Waals surface area contributed by atoms with Crippen LogP contribution in [0.15, 0.2) is 69.9 Å². The third-order valence-corrected chi connectivity index (χ3v) is 5.28. The highest BCUT2D eigenvalue weighted by Gasteiger charge is 2.22. The minimum Gasteiger partial charge on any atom is -0.457 e. The molecule has 3 aromatic carbocycles. The Morgan fingerprint density at radius 2 is 1.61 bits per heavy atom. The number of benzene rings is 3. The predicted molar refractivity (Wildman–Crippen MR) is 116 cm³/mol. The van der Waals surface area contributed by atoms with Gasteiger partial charge in [0.15, 0.2) is 0 Å². The van der Waals surface area contributed by atoms with Gasteiger partial charge < -0.3 is 25.1 Å². The lowest BCUT2D eigenvalue weighted by Crippen LogP contribution is -2.47. The summed E-state index contributed by atoms with van der Waals surface area (Å²) >= 11 is 0. The van der Waals surface area contributed by atoms with Gasteiger partial charge in [-0.15, -0.1) is 0 Å². The van der Waals surface area contributed by atoms with E-state index in [4.69, 9.17) is 14.9 Å². The Hall–Kier alpha value is -3.26. The number of hydrogen-bond donors (Lipinski definition) is 3. The molecule has 0 fully saturated rings. The average Bonchev–Trinajstić information content (AvgIpc) is 2.77. The summed E-state index contributed by atoms with van der Waals surface area (Å²) in [5.41, 5.74) is 6.32. The molecule has 0 spiro atoms. The topological polar surface area (TPSA) is 106 Å². The molecule has 0 aliphatic heterocycles. The first-order chi connectivity index (χ1) is 14.9. The highest BCUT2D eigenvalue weighted by atomic mass is 19.1. The lowest BCUT2D eigenvalue weighted by atomic mass is 9.93. The Morgan fingerprint density at radius 1 is 0.935 bits per heavy atom. The quantitative estimate of drug-likeness (QED) is 0.393. The van der Waals surface area contributed by atoms with E-state index in [-0.39, 0.29) is 18.6 Å². The summed E-state index contributed by atoms with van der Waals surface area (Å²) in [6, 6.07) is 15.9. The lowest BCUT2D eigenvalue weighted by Gasteiger charge is -2.24. The highest BCUT2D eigenvalue weighted by Crippen LogP contribution is 2.27. The molecule has 4 rings (SSSR count). The first-order valence-electron chi connectivity index (χ1n) is 9.84. The standard InChI is InChI=1S/C24H22FNO5/c25-16-2-1-3-17(11-16)30-18-5-7-20-22(12-18)31-21-10-15(4-6-19(21)23(20)29)8-9-24(26,13-27)14-28/h1-7,10-12,27-28H,8-9,13-14,26H2. The van der Waals surface area contributed by atoms with Crippen LogP contribution < -0.4 is 15.9 Å². The van der Waals surface area contributed by atoms with Gasteiger partial charge in [0, 0.05) is 12.1 Å². The fourth-order valence-corrected chi connectivity index (χ4v) is 3.36. The normalized spacial score (nSPS) is 11.9. The number of halogens is 1. The van der Waals surface area contributed by atoms with Crippen LogP contribution >= 0.6 is 0 Å². The molecule has 0 aliphatic carbocycles. The Balaban J connectivity index is 1.68. The van der Waals surface area contributed by atoms with Crippen LogP contribution in [0, 0.1) is 5.82 Å². The largest absolute Gasteiger partial charge is 0.457 e. The van der Waals surface area contributed by atoms with Gasteiger partial charge in [-0.2, -0.15) is 0 Å². The summed E-state index contributed by atoms with van der Waals surface area (Å²) in [6.07, 6.45) is 0.868. The van der Waals surface area contributed by atoms with Crippen LogP contribution in [0.4, 0.5) is 4.39 Å². The Kier molecular flexibility index (Phi) is 5.73. The van der Waals surface area contributed by atoms with E-state index in [0.29, 0.717) is 46.3 Å². The van der Waals surface area contributed by atoms with Crippen molar-refractivity contribution >= 4 is 21.9 Å². The maximum Gasteiger partial charge on any atom is 0.200 e. The molecule has 0 saturated heterocycles. The average molecular weight is 423 g/mol. The third-order valence-electron chi connectivity index (χ3n) is 5.28. The summed E-state index contributed by atoms with van der Waals surface area (Å²) < 4.78 is 25.0. The van der Waals surface area contributed by atoms with Crippen molar-refractivity contribution in [2.45, 2.75) is 18.4 Å². The molecule has 0 amide bonds. The molecule has 1 aromatic heterocycles. The maximum absolute atomic E-state index is 13.4. The second kappa shape index (κ2) is 8.47. The summed E-state index contributed by atoms with van der Waals surface area (Å²) in [6.45, 7) is -0.657. The zero-order valence-electron chi connectivity index (χ0n) is 16.7. The summed E-state index contributed by atoms with van der Waals surface area (Å²) in [5, 5.41) is 19.6. The monoisotopic (exact) mass is 423 g/mol. The molecule has 0 aliphatic rings. The number of aliphatic hydroxyl groups excluding tert-OH is 2. The van der Waals surface area contributed by atoms with Crippen molar-refractivity contribution in [2.24, 2.45) is 5.73 Å². The number of aliphatic hydroxyl groups is 2. The van der Waals surface area contributed by atoms with Gasteiger partial charge in [-0.3, -0.25) is 4.79 Å². The van der Waals surface area contributed by atoms with Crippen molar-refractivity contribution in [2.75, 3.05) is 13.2 Å². The van der Waals surface area contributed by atoms with Gasteiger partial charge >= 0.3 is 0 Å². The molecule has 0 radical (unpaired) electrons. The SMILES string of the molecule is NC(CO)(CO)CCc1ccc2c(=O)c3ccc(Oc4cccc(F)c4)cc3oc2c1. The van der Waals surface area contributed by atoms with Crippen molar-refractivity contribution < 1.29 is 23.8 Å². The van der Waals surface area contributed by atoms with Crippen molar-refractivity contribution in [1.29, 1.82) is 0 Å². The lowest BCUT2D eigenvalue weighted by molar-refractivity contribution is 0.115. The van der Waals surface area contributed by atoms with Gasteiger partial charge in [0.05, 0.1) is 29.5 Å². The molecule has 31 heavy (non-hydrogen) atoms. The van der Waals surface area contributed by atoms with E-state index in [1.54, 1.807) is 42.5 Å². The Bertz CT molecular complexity index is 1300. The first kappa shape index (κ1) is 21.0. The number of hydrogen-bond acceptors (Lipinski definition) is 6. The molecule has 0 atom stereocenters. The number of aryl methyl sites for hydroxylation is 1. The number of fused-ring (bicyclic) bond motifs is 2. The Morgan fingerprint density at radius 3 is 2.32 bits per heavy atom. The van der Waals surface area contributed by atoms with E-state index in [1.165, 1.54) is 12.1 Å². The van der Waals surface area contributed by atoms with E-state index in [0.717, 1.165) is 5.56 Å². The minimum atomic E-state index is -1.07. The zero-order valence-corrected chi connectivity index (χ0v) is 16.7. The smallest absolute Gasteiger partial charge is 0.200 e. The molecule has 7 heteroatoms. The van der Waals surface area contributed by atoms with E-state index in [9.17, 15) is 19.4 Å². The first-order valence-corrected chi connectivity index (χ1v) is 9.84. The fourth-order valence-electron chi connectivity index (χ4n) is 3.36. The summed E-state index contributed by atoms with van der Waals surface area (Å²) in [4.78, 5) is 12.9. The molecule has 6 nitrogen and oxygen atoms in total. The molecule has 0 saturated carbocycles. The molecular weight excluding hydrogens is 401 g/mol. The van der Waals surface area contributed by atoms with Gasteiger partial charge in [-0.1, -0.05) is 12.1 Å². The van der Waals surface area contributed by atoms with E-state index < -0.39 is 11.4 Å². The second-order valence-corrected chi connectivity index (χ2v) is 7.66. The number of ether oxygens (including phenoxy) is 1. The highest BCUT2D eigenvalue weighted by molar-refractivity contribution is 5.90. The van der Waals surface area contributed by atoms with E-state index >= 15 is 0 Å². The second-order valence-electron chi connectivity index (χ2n) is 7.66. The summed E-state index contributed by atoms with van der Waals surface area (Å²) in [5.74, 6) is 0.339. The van der Waals surface area contributed by atoms with Crippen molar-refractivity contribution in [3.8, 4) is 11.5 Å². The van der Waals surface area contributed by atoms with E-state index in [2.05, 4.69) is 0 Å². The number of rotatable bonds is 7. The van der Waals surface area contributed by atoms with Gasteiger partial charge in [-0.05, 0) is 54.8 Å². The van der Waals surface area contributed by atoms with Crippen LogP contribution in [-0.4, -0.2) is 29.0 Å². The van der Waals surface area contributed by atoms with Gasteiger partial charge in [0.2, 0.25) is 5.43 Å². The van der Waals surface area contributed by atoms with Crippen LogP contribution in [0.2, 0.25) is 0 Å². The molecule has 1 heterocycles. The molecule has 160 valence electrons. The fraction of sp³-hybridized carbons (Fsp3) is 0.208. The summed E-state index contributed by atoms with van der Waals surface area (Å²) in [7, 11) is 0. The van der Waals surface area contributed by atoms with Gasteiger partial charge in [0.25, 0.3) is 0 Å². The minimum absolute atomic E-state index is 0.168. The van der Waals surface area contributed by atoms with Crippen molar-refractivity contribution in [1.82, 2.24) is 0 Å².